The molecule has 5 nitrogen and oxygen atoms in total. The molecule has 0 fully saturated rings. The highest BCUT2D eigenvalue weighted by molar-refractivity contribution is 5.91. The van der Waals surface area contributed by atoms with Crippen molar-refractivity contribution in [3.63, 3.8) is 0 Å². The number of rotatable bonds is 2. The molecule has 5 heteroatoms. The van der Waals surface area contributed by atoms with Crippen molar-refractivity contribution in [1.29, 1.82) is 0 Å². The number of aromatic amines is 1. The monoisotopic (exact) mass is 190 g/mol. The molecule has 0 aliphatic carbocycles. The Kier molecular flexibility index (Phi) is 2.14. The van der Waals surface area contributed by atoms with E-state index in [1.165, 1.54) is 0 Å². The molecule has 14 heavy (non-hydrogen) atoms. The van der Waals surface area contributed by atoms with Gasteiger partial charge in [0.15, 0.2) is 0 Å². The zero-order valence-electron chi connectivity index (χ0n) is 7.74. The predicted octanol–water partition coefficient (Wildman–Crippen LogP) is 0.750. The SMILES string of the molecule is CCNc1cncc2cn[nH]c(=O)c12. The number of aromatic nitrogens is 3. The molecule has 0 bridgehead atoms. The summed E-state index contributed by atoms with van der Waals surface area (Å²) in [6.07, 6.45) is 4.85. The summed E-state index contributed by atoms with van der Waals surface area (Å²) < 4.78 is 0. The minimum Gasteiger partial charge on any atom is -0.383 e. The number of anilines is 1. The molecule has 0 radical (unpaired) electrons. The van der Waals surface area contributed by atoms with Crippen molar-refractivity contribution >= 4 is 16.5 Å². The van der Waals surface area contributed by atoms with Crippen LogP contribution in [-0.2, 0) is 0 Å². The van der Waals surface area contributed by atoms with E-state index in [0.717, 1.165) is 17.6 Å². The van der Waals surface area contributed by atoms with E-state index in [-0.39, 0.29) is 5.56 Å². The fourth-order valence-corrected chi connectivity index (χ4v) is 1.37. The van der Waals surface area contributed by atoms with Gasteiger partial charge in [0.1, 0.15) is 0 Å². The molecule has 0 amide bonds. The third-order valence-corrected chi connectivity index (χ3v) is 1.94. The highest BCUT2D eigenvalue weighted by atomic mass is 16.1. The number of nitrogens with one attached hydrogen (secondary N) is 2. The lowest BCUT2D eigenvalue weighted by Gasteiger charge is -2.04. The number of fused-ring (bicyclic) bond motifs is 1. The van der Waals surface area contributed by atoms with E-state index in [9.17, 15) is 4.79 Å². The molecule has 0 atom stereocenters. The Balaban J connectivity index is 2.77. The highest BCUT2D eigenvalue weighted by Gasteiger charge is 2.04. The Morgan fingerprint density at radius 2 is 2.29 bits per heavy atom. The van der Waals surface area contributed by atoms with E-state index in [1.807, 2.05) is 6.92 Å². The number of hydrogen-bond donors (Lipinski definition) is 2. The molecule has 0 aromatic carbocycles. The van der Waals surface area contributed by atoms with E-state index in [1.54, 1.807) is 18.6 Å². The average Bonchev–Trinajstić information content (AvgIpc) is 2.19. The van der Waals surface area contributed by atoms with Gasteiger partial charge in [0.05, 0.1) is 23.5 Å². The van der Waals surface area contributed by atoms with Gasteiger partial charge in [-0.05, 0) is 6.92 Å². The van der Waals surface area contributed by atoms with E-state index < -0.39 is 0 Å². The van der Waals surface area contributed by atoms with Gasteiger partial charge in [-0.15, -0.1) is 0 Å². The zero-order chi connectivity index (χ0) is 9.97. The molecular weight excluding hydrogens is 180 g/mol. The second-order valence-electron chi connectivity index (χ2n) is 2.88. The summed E-state index contributed by atoms with van der Waals surface area (Å²) >= 11 is 0. The van der Waals surface area contributed by atoms with Crippen molar-refractivity contribution in [2.24, 2.45) is 0 Å². The Morgan fingerprint density at radius 3 is 3.07 bits per heavy atom. The quantitative estimate of drug-likeness (QED) is 0.733. The smallest absolute Gasteiger partial charge is 0.274 e. The minimum absolute atomic E-state index is 0.194. The maximum atomic E-state index is 11.5. The van der Waals surface area contributed by atoms with Gasteiger partial charge in [-0.2, -0.15) is 5.10 Å². The zero-order valence-corrected chi connectivity index (χ0v) is 7.74. The summed E-state index contributed by atoms with van der Waals surface area (Å²) in [5.74, 6) is 0. The van der Waals surface area contributed by atoms with E-state index >= 15 is 0 Å². The Bertz CT molecular complexity index is 500. The van der Waals surface area contributed by atoms with Crippen LogP contribution < -0.4 is 10.9 Å². The number of H-pyrrole nitrogens is 1. The van der Waals surface area contributed by atoms with Crippen molar-refractivity contribution in [3.8, 4) is 0 Å². The molecule has 72 valence electrons. The summed E-state index contributed by atoms with van der Waals surface area (Å²) in [5.41, 5.74) is 0.550. The third kappa shape index (κ3) is 1.32. The molecule has 2 aromatic heterocycles. The second-order valence-corrected chi connectivity index (χ2v) is 2.88. The van der Waals surface area contributed by atoms with Crippen molar-refractivity contribution in [3.05, 3.63) is 28.9 Å². The van der Waals surface area contributed by atoms with Crippen LogP contribution in [0.2, 0.25) is 0 Å². The van der Waals surface area contributed by atoms with Gasteiger partial charge in [-0.1, -0.05) is 0 Å². The van der Waals surface area contributed by atoms with Crippen molar-refractivity contribution in [1.82, 2.24) is 15.2 Å². The largest absolute Gasteiger partial charge is 0.383 e. The van der Waals surface area contributed by atoms with Crippen LogP contribution in [0.3, 0.4) is 0 Å². The van der Waals surface area contributed by atoms with Crippen LogP contribution in [0.5, 0.6) is 0 Å². The molecule has 0 aliphatic rings. The first-order valence-corrected chi connectivity index (χ1v) is 4.38. The van der Waals surface area contributed by atoms with Gasteiger partial charge >= 0.3 is 0 Å². The molecule has 0 saturated carbocycles. The summed E-state index contributed by atoms with van der Waals surface area (Å²) in [4.78, 5) is 15.5. The Morgan fingerprint density at radius 1 is 1.43 bits per heavy atom. The first-order chi connectivity index (χ1) is 6.83. The summed E-state index contributed by atoms with van der Waals surface area (Å²) in [6, 6.07) is 0. The number of hydrogen-bond acceptors (Lipinski definition) is 4. The first kappa shape index (κ1) is 8.68. The molecule has 0 saturated heterocycles. The van der Waals surface area contributed by atoms with Gasteiger partial charge in [0, 0.05) is 18.1 Å². The topological polar surface area (TPSA) is 70.7 Å². The number of nitrogens with zero attached hydrogens (tertiary/aromatic N) is 2. The Hall–Kier alpha value is -1.91. The van der Waals surface area contributed by atoms with Crippen LogP contribution >= 0.6 is 0 Å². The van der Waals surface area contributed by atoms with Gasteiger partial charge in [0.25, 0.3) is 5.56 Å². The maximum Gasteiger partial charge on any atom is 0.274 e. The van der Waals surface area contributed by atoms with Gasteiger partial charge in [-0.25, -0.2) is 5.10 Å². The highest BCUT2D eigenvalue weighted by Crippen LogP contribution is 2.15. The summed E-state index contributed by atoms with van der Waals surface area (Å²) in [6.45, 7) is 2.72. The first-order valence-electron chi connectivity index (χ1n) is 4.38. The van der Waals surface area contributed by atoms with E-state index in [0.29, 0.717) is 5.39 Å². The fourth-order valence-electron chi connectivity index (χ4n) is 1.37. The van der Waals surface area contributed by atoms with Crippen LogP contribution in [0.25, 0.3) is 10.8 Å². The standard InChI is InChI=1S/C9H10N4O/c1-2-11-7-5-10-3-6-4-12-13-9(14)8(6)7/h3-5,11H,2H2,1H3,(H,13,14). The molecule has 2 rings (SSSR count). The van der Waals surface area contributed by atoms with Crippen LogP contribution in [-0.4, -0.2) is 21.7 Å². The minimum atomic E-state index is -0.194. The van der Waals surface area contributed by atoms with Crippen LogP contribution in [0, 0.1) is 0 Å². The maximum absolute atomic E-state index is 11.5. The normalized spacial score (nSPS) is 10.4. The van der Waals surface area contributed by atoms with Crippen molar-refractivity contribution in [2.75, 3.05) is 11.9 Å². The molecule has 0 unspecified atom stereocenters. The number of pyridine rings is 1. The fraction of sp³-hybridized carbons (Fsp3) is 0.222. The molecule has 2 heterocycles. The third-order valence-electron chi connectivity index (χ3n) is 1.94. The van der Waals surface area contributed by atoms with E-state index in [4.69, 9.17) is 0 Å². The molecular formula is C9H10N4O. The molecule has 0 spiro atoms. The van der Waals surface area contributed by atoms with E-state index in [2.05, 4.69) is 20.5 Å². The molecule has 0 aliphatic heterocycles. The van der Waals surface area contributed by atoms with Crippen LogP contribution in [0.1, 0.15) is 6.92 Å². The average molecular weight is 190 g/mol. The van der Waals surface area contributed by atoms with Gasteiger partial charge in [-0.3, -0.25) is 9.78 Å². The molecule has 2 aromatic rings. The second kappa shape index (κ2) is 3.45. The van der Waals surface area contributed by atoms with Crippen molar-refractivity contribution < 1.29 is 0 Å². The lowest BCUT2D eigenvalue weighted by molar-refractivity contribution is 1.01. The van der Waals surface area contributed by atoms with Crippen LogP contribution in [0.4, 0.5) is 5.69 Å². The lowest BCUT2D eigenvalue weighted by atomic mass is 10.2. The summed E-state index contributed by atoms with van der Waals surface area (Å²) in [7, 11) is 0. The summed E-state index contributed by atoms with van der Waals surface area (Å²) in [5, 5.41) is 10.5. The van der Waals surface area contributed by atoms with Crippen LogP contribution in [0.15, 0.2) is 23.4 Å². The Labute approximate surface area is 80.2 Å². The predicted molar refractivity (Wildman–Crippen MR) is 54.3 cm³/mol. The van der Waals surface area contributed by atoms with Gasteiger partial charge in [0.2, 0.25) is 0 Å². The van der Waals surface area contributed by atoms with Gasteiger partial charge < -0.3 is 5.32 Å². The molecule has 2 N–H and O–H groups in total. The lowest BCUT2D eigenvalue weighted by Crippen LogP contribution is -2.11. The van der Waals surface area contributed by atoms with Crippen molar-refractivity contribution in [2.45, 2.75) is 6.92 Å².